The molecule has 2 N–H and O–H groups in total. The van der Waals surface area contributed by atoms with Crippen LogP contribution in [0.5, 0.6) is 5.75 Å². The Balaban J connectivity index is 2.07. The number of amides is 1. The molecule has 0 saturated heterocycles. The van der Waals surface area contributed by atoms with Crippen molar-refractivity contribution in [2.24, 2.45) is 5.10 Å². The van der Waals surface area contributed by atoms with Crippen LogP contribution in [0.15, 0.2) is 58.1 Å². The van der Waals surface area contributed by atoms with Gasteiger partial charge in [0, 0.05) is 10.0 Å². The molecule has 1 amide bonds. The van der Waals surface area contributed by atoms with Gasteiger partial charge >= 0.3 is 6.18 Å². The maximum atomic E-state index is 13.5. The Labute approximate surface area is 154 Å². The number of hydrogen-bond acceptors (Lipinski definition) is 4. The van der Waals surface area contributed by atoms with E-state index in [1.54, 1.807) is 12.1 Å². The first kappa shape index (κ1) is 18.4. The lowest BCUT2D eigenvalue weighted by atomic mass is 10.0. The van der Waals surface area contributed by atoms with Crippen LogP contribution in [0.4, 0.5) is 13.2 Å². The lowest BCUT2D eigenvalue weighted by Gasteiger charge is -2.32. The number of carbonyl (C=O) groups excluding carboxylic acids is 1. The Hall–Kier alpha value is -2.39. The number of rotatable bonds is 2. The smallest absolute Gasteiger partial charge is 0.438 e. The van der Waals surface area contributed by atoms with E-state index in [9.17, 15) is 28.2 Å². The molecule has 2 aromatic carbocycles. The molecule has 0 aliphatic carbocycles. The molecule has 2 aromatic rings. The molecule has 1 unspecified atom stereocenters. The van der Waals surface area contributed by atoms with Crippen molar-refractivity contribution in [1.82, 2.24) is 5.01 Å². The molecule has 0 bridgehead atoms. The van der Waals surface area contributed by atoms with E-state index in [1.807, 2.05) is 0 Å². The summed E-state index contributed by atoms with van der Waals surface area (Å²) in [5.74, 6) is -1.47. The zero-order valence-electron chi connectivity index (χ0n) is 13.0. The van der Waals surface area contributed by atoms with Gasteiger partial charge in [-0.3, -0.25) is 4.79 Å². The minimum absolute atomic E-state index is 0.0258. The number of benzene rings is 2. The standard InChI is InChI=1S/C17H12BrF3N2O3/c18-12-5-1-3-10(7-12)14-9-16(26,17(19,20)21)23(22-14)15(25)11-4-2-6-13(24)8-11/h1-8,24,26H,9H2. The van der Waals surface area contributed by atoms with Crippen LogP contribution in [0.1, 0.15) is 22.3 Å². The van der Waals surface area contributed by atoms with Crippen LogP contribution in [0.2, 0.25) is 0 Å². The molecule has 0 spiro atoms. The second kappa shape index (κ2) is 6.40. The number of aliphatic hydroxyl groups is 1. The van der Waals surface area contributed by atoms with Crippen molar-refractivity contribution >= 4 is 27.5 Å². The first-order chi connectivity index (χ1) is 12.1. The van der Waals surface area contributed by atoms with Crippen molar-refractivity contribution in [1.29, 1.82) is 0 Å². The van der Waals surface area contributed by atoms with Gasteiger partial charge in [0.05, 0.1) is 12.1 Å². The highest BCUT2D eigenvalue weighted by atomic mass is 79.9. The molecule has 9 heteroatoms. The zero-order chi connectivity index (χ0) is 19.1. The molecule has 1 aliphatic heterocycles. The first-order valence-corrected chi connectivity index (χ1v) is 8.17. The van der Waals surface area contributed by atoms with Crippen LogP contribution < -0.4 is 0 Å². The Morgan fingerprint density at radius 1 is 1.19 bits per heavy atom. The summed E-state index contributed by atoms with van der Waals surface area (Å²) >= 11 is 3.22. The Bertz CT molecular complexity index is 901. The second-order valence-corrected chi connectivity index (χ2v) is 6.63. The van der Waals surface area contributed by atoms with Gasteiger partial charge in [0.2, 0.25) is 0 Å². The fraction of sp³-hybridized carbons (Fsp3) is 0.176. The average Bonchev–Trinajstić information content (AvgIpc) is 2.93. The van der Waals surface area contributed by atoms with E-state index >= 15 is 0 Å². The zero-order valence-corrected chi connectivity index (χ0v) is 14.6. The quantitative estimate of drug-likeness (QED) is 0.766. The first-order valence-electron chi connectivity index (χ1n) is 7.38. The van der Waals surface area contributed by atoms with E-state index in [-0.39, 0.29) is 22.0 Å². The van der Waals surface area contributed by atoms with Gasteiger partial charge in [-0.2, -0.15) is 23.3 Å². The minimum Gasteiger partial charge on any atom is -0.508 e. The van der Waals surface area contributed by atoms with Gasteiger partial charge in [0.25, 0.3) is 11.6 Å². The van der Waals surface area contributed by atoms with Crippen LogP contribution in [-0.2, 0) is 0 Å². The monoisotopic (exact) mass is 428 g/mol. The third kappa shape index (κ3) is 3.19. The normalized spacial score (nSPS) is 20.2. The topological polar surface area (TPSA) is 73.1 Å². The molecule has 3 rings (SSSR count). The average molecular weight is 429 g/mol. The summed E-state index contributed by atoms with van der Waals surface area (Å²) < 4.78 is 41.2. The lowest BCUT2D eigenvalue weighted by Crippen LogP contribution is -2.56. The summed E-state index contributed by atoms with van der Waals surface area (Å²) in [7, 11) is 0. The number of hydrazone groups is 1. The van der Waals surface area contributed by atoms with Gasteiger partial charge in [-0.1, -0.05) is 34.1 Å². The molecule has 1 aliphatic rings. The number of phenols is 1. The molecule has 5 nitrogen and oxygen atoms in total. The van der Waals surface area contributed by atoms with Crippen LogP contribution in [0.25, 0.3) is 0 Å². The highest BCUT2D eigenvalue weighted by Crippen LogP contribution is 2.42. The Kier molecular flexibility index (Phi) is 4.53. The van der Waals surface area contributed by atoms with Gasteiger partial charge in [-0.05, 0) is 35.9 Å². The number of hydrogen-bond donors (Lipinski definition) is 2. The van der Waals surface area contributed by atoms with Gasteiger partial charge in [0.15, 0.2) is 0 Å². The molecule has 1 atom stereocenters. The van der Waals surface area contributed by atoms with E-state index in [0.29, 0.717) is 10.0 Å². The van der Waals surface area contributed by atoms with Crippen molar-refractivity contribution in [3.05, 3.63) is 64.1 Å². The number of alkyl halides is 3. The summed E-state index contributed by atoms with van der Waals surface area (Å²) in [6.45, 7) is 0. The third-order valence-electron chi connectivity index (χ3n) is 3.88. The number of phenolic OH excluding ortho intramolecular Hbond substituents is 1. The summed E-state index contributed by atoms with van der Waals surface area (Å²) in [6.07, 6.45) is -6.03. The largest absolute Gasteiger partial charge is 0.508 e. The summed E-state index contributed by atoms with van der Waals surface area (Å²) in [5, 5.41) is 23.5. The highest BCUT2D eigenvalue weighted by molar-refractivity contribution is 9.10. The van der Waals surface area contributed by atoms with Gasteiger partial charge in [-0.15, -0.1) is 0 Å². The van der Waals surface area contributed by atoms with E-state index in [1.165, 1.54) is 30.3 Å². The molecule has 0 fully saturated rings. The number of halogens is 4. The van der Waals surface area contributed by atoms with Crippen molar-refractivity contribution in [3.8, 4) is 5.75 Å². The molecule has 136 valence electrons. The predicted molar refractivity (Wildman–Crippen MR) is 90.6 cm³/mol. The molecule has 1 heterocycles. The van der Waals surface area contributed by atoms with Crippen LogP contribution in [0, 0.1) is 0 Å². The van der Waals surface area contributed by atoms with Crippen molar-refractivity contribution in [2.45, 2.75) is 18.3 Å². The predicted octanol–water partition coefficient (Wildman–Crippen LogP) is 3.66. The van der Waals surface area contributed by atoms with Gasteiger partial charge < -0.3 is 10.2 Å². The van der Waals surface area contributed by atoms with Crippen molar-refractivity contribution < 1.29 is 28.2 Å². The van der Waals surface area contributed by atoms with Gasteiger partial charge in [0.1, 0.15) is 5.75 Å². The molecular formula is C17H12BrF3N2O3. The highest BCUT2D eigenvalue weighted by Gasteiger charge is 2.63. The number of carbonyl (C=O) groups is 1. The lowest BCUT2D eigenvalue weighted by molar-refractivity contribution is -0.297. The fourth-order valence-electron chi connectivity index (χ4n) is 2.57. The van der Waals surface area contributed by atoms with Crippen LogP contribution in [-0.4, -0.2) is 38.7 Å². The summed E-state index contributed by atoms with van der Waals surface area (Å²) in [5.41, 5.74) is -3.45. The maximum absolute atomic E-state index is 13.5. The Morgan fingerprint density at radius 2 is 1.88 bits per heavy atom. The third-order valence-corrected chi connectivity index (χ3v) is 4.38. The Morgan fingerprint density at radius 3 is 2.50 bits per heavy atom. The number of aromatic hydroxyl groups is 1. The van der Waals surface area contributed by atoms with E-state index in [4.69, 9.17) is 0 Å². The SMILES string of the molecule is O=C(c1cccc(O)c1)N1N=C(c2cccc(Br)c2)CC1(O)C(F)(F)F. The molecule has 26 heavy (non-hydrogen) atoms. The van der Waals surface area contributed by atoms with Gasteiger partial charge in [-0.25, -0.2) is 0 Å². The van der Waals surface area contributed by atoms with Crippen molar-refractivity contribution in [2.75, 3.05) is 0 Å². The molecular weight excluding hydrogens is 417 g/mol. The molecule has 0 aromatic heterocycles. The van der Waals surface area contributed by atoms with E-state index in [2.05, 4.69) is 21.0 Å². The maximum Gasteiger partial charge on any atom is 0.438 e. The van der Waals surface area contributed by atoms with Crippen molar-refractivity contribution in [3.63, 3.8) is 0 Å². The minimum atomic E-state index is -5.13. The van der Waals surface area contributed by atoms with E-state index in [0.717, 1.165) is 6.07 Å². The van der Waals surface area contributed by atoms with E-state index < -0.39 is 24.2 Å². The summed E-state index contributed by atoms with van der Waals surface area (Å²) in [6, 6.07) is 11.2. The van der Waals surface area contributed by atoms with Crippen LogP contribution in [0.3, 0.4) is 0 Å². The molecule has 0 radical (unpaired) electrons. The molecule has 0 saturated carbocycles. The van der Waals surface area contributed by atoms with Crippen LogP contribution >= 0.6 is 15.9 Å². The fourth-order valence-corrected chi connectivity index (χ4v) is 2.97. The second-order valence-electron chi connectivity index (χ2n) is 5.72. The summed E-state index contributed by atoms with van der Waals surface area (Å²) in [4.78, 5) is 12.5. The number of nitrogens with zero attached hydrogens (tertiary/aromatic N) is 2.